The first-order valence-electron chi connectivity index (χ1n) is 9.18. The molecule has 0 fully saturated rings. The predicted molar refractivity (Wildman–Crippen MR) is 110 cm³/mol. The Bertz CT molecular complexity index is 852. The van der Waals surface area contributed by atoms with Crippen molar-refractivity contribution in [1.29, 1.82) is 0 Å². The highest BCUT2D eigenvalue weighted by Crippen LogP contribution is 2.20. The number of primary amides is 1. The second-order valence-electron chi connectivity index (χ2n) is 6.15. The van der Waals surface area contributed by atoms with Crippen molar-refractivity contribution in [3.05, 3.63) is 54.1 Å². The SMILES string of the molecule is CCOC(=O)c1ccccc1NC(=O)CN(CCC(N)=O)c1ccc(OC)cc1. The van der Waals surface area contributed by atoms with Crippen LogP contribution in [0, 0.1) is 0 Å². The van der Waals surface area contributed by atoms with Crippen LogP contribution in [0.25, 0.3) is 0 Å². The zero-order chi connectivity index (χ0) is 21.2. The molecule has 2 aromatic rings. The van der Waals surface area contributed by atoms with Crippen molar-refractivity contribution in [1.82, 2.24) is 0 Å². The Balaban J connectivity index is 2.15. The van der Waals surface area contributed by atoms with Gasteiger partial charge in [0.15, 0.2) is 0 Å². The Hall–Kier alpha value is -3.55. The summed E-state index contributed by atoms with van der Waals surface area (Å²) in [4.78, 5) is 37.7. The maximum absolute atomic E-state index is 12.7. The van der Waals surface area contributed by atoms with E-state index >= 15 is 0 Å². The first-order valence-corrected chi connectivity index (χ1v) is 9.18. The first kappa shape index (κ1) is 21.7. The van der Waals surface area contributed by atoms with Gasteiger partial charge in [0.25, 0.3) is 0 Å². The molecule has 0 aliphatic carbocycles. The van der Waals surface area contributed by atoms with Crippen molar-refractivity contribution in [2.45, 2.75) is 13.3 Å². The van der Waals surface area contributed by atoms with E-state index in [9.17, 15) is 14.4 Å². The average Bonchev–Trinajstić information content (AvgIpc) is 2.71. The molecule has 0 saturated carbocycles. The number of hydrogen-bond acceptors (Lipinski definition) is 6. The van der Waals surface area contributed by atoms with Crippen LogP contribution in [-0.4, -0.2) is 44.6 Å². The van der Waals surface area contributed by atoms with E-state index in [1.54, 1.807) is 67.5 Å². The summed E-state index contributed by atoms with van der Waals surface area (Å²) in [6.07, 6.45) is 0.0960. The summed E-state index contributed by atoms with van der Waals surface area (Å²) in [6.45, 7) is 2.19. The Morgan fingerprint density at radius 2 is 1.76 bits per heavy atom. The number of carbonyl (C=O) groups is 3. The Morgan fingerprint density at radius 1 is 1.07 bits per heavy atom. The van der Waals surface area contributed by atoms with Gasteiger partial charge in [-0.05, 0) is 43.3 Å². The number of methoxy groups -OCH3 is 1. The van der Waals surface area contributed by atoms with Gasteiger partial charge in [0.05, 0.1) is 31.5 Å². The number of nitrogens with zero attached hydrogens (tertiary/aromatic N) is 1. The maximum atomic E-state index is 12.7. The fourth-order valence-electron chi connectivity index (χ4n) is 2.68. The standard InChI is InChI=1S/C21H25N3O5/c1-3-29-21(27)17-6-4-5-7-18(17)23-20(26)14-24(13-12-19(22)25)15-8-10-16(28-2)11-9-15/h4-11H,3,12-14H2,1-2H3,(H2,22,25)(H,23,26). The number of esters is 1. The van der Waals surface area contributed by atoms with E-state index in [4.69, 9.17) is 15.2 Å². The van der Waals surface area contributed by atoms with E-state index in [-0.39, 0.29) is 37.6 Å². The molecular formula is C21H25N3O5. The van der Waals surface area contributed by atoms with E-state index in [0.29, 0.717) is 11.4 Å². The normalized spacial score (nSPS) is 10.1. The van der Waals surface area contributed by atoms with Crippen LogP contribution in [0.2, 0.25) is 0 Å². The highest BCUT2D eigenvalue weighted by atomic mass is 16.5. The lowest BCUT2D eigenvalue weighted by atomic mass is 10.1. The van der Waals surface area contributed by atoms with Crippen molar-refractivity contribution in [2.75, 3.05) is 37.0 Å². The van der Waals surface area contributed by atoms with Crippen LogP contribution in [0.1, 0.15) is 23.7 Å². The zero-order valence-electron chi connectivity index (χ0n) is 16.5. The largest absolute Gasteiger partial charge is 0.497 e. The van der Waals surface area contributed by atoms with Gasteiger partial charge < -0.3 is 25.4 Å². The van der Waals surface area contributed by atoms with E-state index in [1.165, 1.54) is 0 Å². The van der Waals surface area contributed by atoms with Crippen LogP contribution in [-0.2, 0) is 14.3 Å². The number of nitrogens with one attached hydrogen (secondary N) is 1. The fourth-order valence-corrected chi connectivity index (χ4v) is 2.68. The van der Waals surface area contributed by atoms with Gasteiger partial charge in [-0.2, -0.15) is 0 Å². The molecule has 0 heterocycles. The van der Waals surface area contributed by atoms with Crippen molar-refractivity contribution in [2.24, 2.45) is 5.73 Å². The number of para-hydroxylation sites is 1. The summed E-state index contributed by atoms with van der Waals surface area (Å²) in [7, 11) is 1.56. The van der Waals surface area contributed by atoms with Gasteiger partial charge in [-0.3, -0.25) is 9.59 Å². The molecule has 0 unspecified atom stereocenters. The Labute approximate surface area is 169 Å². The summed E-state index contributed by atoms with van der Waals surface area (Å²) in [5, 5.41) is 2.74. The van der Waals surface area contributed by atoms with Crippen LogP contribution in [0.15, 0.2) is 48.5 Å². The number of nitrogens with two attached hydrogens (primary N) is 1. The summed E-state index contributed by atoms with van der Waals surface area (Å²) < 4.78 is 10.2. The Morgan fingerprint density at radius 3 is 2.38 bits per heavy atom. The molecule has 8 heteroatoms. The highest BCUT2D eigenvalue weighted by Gasteiger charge is 2.17. The minimum atomic E-state index is -0.510. The molecule has 29 heavy (non-hydrogen) atoms. The van der Waals surface area contributed by atoms with Gasteiger partial charge in [0, 0.05) is 18.7 Å². The minimum Gasteiger partial charge on any atom is -0.497 e. The third kappa shape index (κ3) is 6.53. The molecule has 2 rings (SSSR count). The van der Waals surface area contributed by atoms with Crippen LogP contribution in [0.5, 0.6) is 5.75 Å². The monoisotopic (exact) mass is 399 g/mol. The topological polar surface area (TPSA) is 111 Å². The van der Waals surface area contributed by atoms with Crippen LogP contribution in [0.3, 0.4) is 0 Å². The van der Waals surface area contributed by atoms with E-state index in [2.05, 4.69) is 5.32 Å². The van der Waals surface area contributed by atoms with E-state index in [1.807, 2.05) is 0 Å². The molecule has 0 saturated heterocycles. The van der Waals surface area contributed by atoms with Crippen molar-refractivity contribution < 1.29 is 23.9 Å². The van der Waals surface area contributed by atoms with Gasteiger partial charge in [0.2, 0.25) is 11.8 Å². The van der Waals surface area contributed by atoms with Crippen molar-refractivity contribution in [3.63, 3.8) is 0 Å². The predicted octanol–water partition coefficient (Wildman–Crippen LogP) is 2.19. The van der Waals surface area contributed by atoms with Gasteiger partial charge in [0.1, 0.15) is 5.75 Å². The van der Waals surface area contributed by atoms with Crippen LogP contribution < -0.4 is 20.7 Å². The highest BCUT2D eigenvalue weighted by molar-refractivity contribution is 6.02. The minimum absolute atomic E-state index is 0.0310. The molecule has 2 aromatic carbocycles. The number of hydrogen-bond donors (Lipinski definition) is 2. The first-order chi connectivity index (χ1) is 13.9. The lowest BCUT2D eigenvalue weighted by Crippen LogP contribution is -2.35. The summed E-state index contributed by atoms with van der Waals surface area (Å²) in [5.41, 5.74) is 6.64. The lowest BCUT2D eigenvalue weighted by molar-refractivity contribution is -0.118. The lowest BCUT2D eigenvalue weighted by Gasteiger charge is -2.24. The number of ether oxygens (including phenoxy) is 2. The molecule has 3 N–H and O–H groups in total. The van der Waals surface area contributed by atoms with Gasteiger partial charge in [-0.1, -0.05) is 12.1 Å². The summed E-state index contributed by atoms with van der Waals surface area (Å²) in [5.74, 6) is -0.640. The number of rotatable bonds is 10. The maximum Gasteiger partial charge on any atom is 0.340 e. The summed E-state index contributed by atoms with van der Waals surface area (Å²) in [6, 6.07) is 13.7. The van der Waals surface area contributed by atoms with Gasteiger partial charge >= 0.3 is 5.97 Å². The summed E-state index contributed by atoms with van der Waals surface area (Å²) >= 11 is 0. The van der Waals surface area contributed by atoms with Gasteiger partial charge in [-0.15, -0.1) is 0 Å². The van der Waals surface area contributed by atoms with E-state index < -0.39 is 11.9 Å². The number of carbonyl (C=O) groups excluding carboxylic acids is 3. The molecule has 8 nitrogen and oxygen atoms in total. The average molecular weight is 399 g/mol. The molecule has 154 valence electrons. The molecule has 0 radical (unpaired) electrons. The third-order valence-corrected chi connectivity index (χ3v) is 4.10. The van der Waals surface area contributed by atoms with Crippen LogP contribution in [0.4, 0.5) is 11.4 Å². The quantitative estimate of drug-likeness (QED) is 0.593. The second-order valence-corrected chi connectivity index (χ2v) is 6.15. The fraction of sp³-hybridized carbons (Fsp3) is 0.286. The molecule has 0 atom stereocenters. The van der Waals surface area contributed by atoms with E-state index in [0.717, 1.165) is 5.69 Å². The zero-order valence-corrected chi connectivity index (χ0v) is 16.5. The molecule has 0 bridgehead atoms. The second kappa shape index (κ2) is 10.7. The number of benzene rings is 2. The van der Waals surface area contributed by atoms with Crippen molar-refractivity contribution >= 4 is 29.2 Å². The Kier molecular flexibility index (Phi) is 8.02. The molecule has 0 aliphatic heterocycles. The third-order valence-electron chi connectivity index (χ3n) is 4.10. The van der Waals surface area contributed by atoms with Crippen LogP contribution >= 0.6 is 0 Å². The number of amides is 2. The molecule has 2 amide bonds. The number of anilines is 2. The smallest absolute Gasteiger partial charge is 0.340 e. The molecule has 0 aromatic heterocycles. The molecule has 0 aliphatic rings. The van der Waals surface area contributed by atoms with Crippen molar-refractivity contribution in [3.8, 4) is 5.75 Å². The van der Waals surface area contributed by atoms with Gasteiger partial charge in [-0.25, -0.2) is 4.79 Å². The molecule has 0 spiro atoms. The molecular weight excluding hydrogens is 374 g/mol.